The van der Waals surface area contributed by atoms with E-state index in [1.807, 2.05) is 0 Å². The van der Waals surface area contributed by atoms with Crippen molar-refractivity contribution in [3.8, 4) is 5.75 Å². The highest BCUT2D eigenvalue weighted by Crippen LogP contribution is 2.22. The fraction of sp³-hybridized carbons (Fsp3) is 0.364. The number of fused-ring (bicyclic) bond motifs is 1. The van der Waals surface area contributed by atoms with Crippen molar-refractivity contribution in [3.63, 3.8) is 0 Å². The van der Waals surface area contributed by atoms with Gasteiger partial charge in [0.2, 0.25) is 0 Å². The topological polar surface area (TPSA) is 83.7 Å². The van der Waals surface area contributed by atoms with Crippen molar-refractivity contribution in [1.29, 1.82) is 0 Å². The number of nitrogens with zero attached hydrogens (tertiary/aromatic N) is 2. The maximum Gasteiger partial charge on any atom is 0.179 e. The first-order valence-electron chi connectivity index (χ1n) is 5.65. The van der Waals surface area contributed by atoms with Crippen LogP contribution in [0, 0.1) is 0 Å². The van der Waals surface area contributed by atoms with Gasteiger partial charge in [0.25, 0.3) is 0 Å². The molecule has 0 bridgehead atoms. The van der Waals surface area contributed by atoms with Crippen LogP contribution in [0.1, 0.15) is 11.7 Å². The van der Waals surface area contributed by atoms with E-state index in [9.17, 15) is 13.5 Å². The fourth-order valence-corrected chi connectivity index (χ4v) is 3.55. The summed E-state index contributed by atoms with van der Waals surface area (Å²) in [4.78, 5) is 4.29. The van der Waals surface area contributed by atoms with E-state index >= 15 is 0 Å². The van der Waals surface area contributed by atoms with Crippen LogP contribution in [0.15, 0.2) is 24.5 Å². The van der Waals surface area contributed by atoms with E-state index in [1.165, 1.54) is 0 Å². The molecule has 2 N–H and O–H groups in total. The van der Waals surface area contributed by atoms with Crippen LogP contribution < -0.4 is 5.32 Å². The lowest BCUT2D eigenvalue weighted by Gasteiger charge is -2.21. The molecule has 1 unspecified atom stereocenters. The number of pyridine rings is 1. The summed E-state index contributed by atoms with van der Waals surface area (Å²) < 4.78 is 24.9. The Balaban J connectivity index is 2.02. The van der Waals surface area contributed by atoms with Gasteiger partial charge < -0.3 is 14.8 Å². The number of hydrogen-bond donors (Lipinski definition) is 2. The van der Waals surface area contributed by atoms with Crippen molar-refractivity contribution in [3.05, 3.63) is 30.2 Å². The predicted molar refractivity (Wildman–Crippen MR) is 66.3 cm³/mol. The zero-order valence-corrected chi connectivity index (χ0v) is 10.4. The van der Waals surface area contributed by atoms with Crippen LogP contribution >= 0.6 is 0 Å². The van der Waals surface area contributed by atoms with Gasteiger partial charge in [0.1, 0.15) is 0 Å². The van der Waals surface area contributed by atoms with Crippen molar-refractivity contribution in [1.82, 2.24) is 14.7 Å². The van der Waals surface area contributed by atoms with Gasteiger partial charge in [-0.15, -0.1) is 0 Å². The number of rotatable bonds is 1. The molecule has 1 atom stereocenters. The normalized spacial score (nSPS) is 23.2. The van der Waals surface area contributed by atoms with Crippen LogP contribution in [-0.2, 0) is 9.84 Å². The van der Waals surface area contributed by atoms with Crippen molar-refractivity contribution >= 4 is 15.5 Å². The first-order chi connectivity index (χ1) is 8.55. The molecular weight excluding hydrogens is 254 g/mol. The summed E-state index contributed by atoms with van der Waals surface area (Å²) in [6.07, 6.45) is 3.51. The molecule has 0 saturated carbocycles. The molecule has 0 aliphatic carbocycles. The minimum absolute atomic E-state index is 0.0532. The van der Waals surface area contributed by atoms with E-state index in [2.05, 4.69) is 10.3 Å². The molecule has 3 heterocycles. The quantitative estimate of drug-likeness (QED) is 0.765. The maximum atomic E-state index is 11.6. The number of aromatic nitrogens is 2. The lowest BCUT2D eigenvalue weighted by atomic mass is 10.2. The van der Waals surface area contributed by atoms with Crippen molar-refractivity contribution in [2.75, 3.05) is 18.1 Å². The Kier molecular flexibility index (Phi) is 2.53. The molecule has 18 heavy (non-hydrogen) atoms. The van der Waals surface area contributed by atoms with Crippen LogP contribution in [-0.4, -0.2) is 41.0 Å². The van der Waals surface area contributed by atoms with Gasteiger partial charge >= 0.3 is 0 Å². The monoisotopic (exact) mass is 267 g/mol. The van der Waals surface area contributed by atoms with E-state index in [0.717, 1.165) is 0 Å². The zero-order chi connectivity index (χ0) is 12.8. The Morgan fingerprint density at radius 3 is 3.06 bits per heavy atom. The molecule has 1 fully saturated rings. The van der Waals surface area contributed by atoms with Gasteiger partial charge in [0.15, 0.2) is 21.2 Å². The smallest absolute Gasteiger partial charge is 0.179 e. The van der Waals surface area contributed by atoms with Gasteiger partial charge in [0.05, 0.1) is 23.2 Å². The second-order valence-electron chi connectivity index (χ2n) is 4.41. The Morgan fingerprint density at radius 1 is 1.50 bits per heavy atom. The lowest BCUT2D eigenvalue weighted by molar-refractivity contribution is 0.477. The predicted octanol–water partition coefficient (Wildman–Crippen LogP) is 0.0990. The average molecular weight is 267 g/mol. The van der Waals surface area contributed by atoms with Crippen LogP contribution in [0.2, 0.25) is 0 Å². The van der Waals surface area contributed by atoms with E-state index < -0.39 is 9.84 Å². The van der Waals surface area contributed by atoms with Gasteiger partial charge in [-0.2, -0.15) is 0 Å². The summed E-state index contributed by atoms with van der Waals surface area (Å²) in [7, 11) is -3.00. The minimum atomic E-state index is -3.00. The Hall–Kier alpha value is -1.60. The summed E-state index contributed by atoms with van der Waals surface area (Å²) in [5, 5.41) is 12.8. The second-order valence-corrected chi connectivity index (χ2v) is 6.64. The number of imidazole rings is 1. The Bertz CT molecular complexity index is 693. The van der Waals surface area contributed by atoms with Crippen LogP contribution in [0.3, 0.4) is 0 Å². The second kappa shape index (κ2) is 3.96. The molecule has 0 amide bonds. The molecule has 2 aromatic heterocycles. The SMILES string of the molecule is O=S1(=O)CCNC(c2cn3cccc(O)c3n2)C1. The van der Waals surface area contributed by atoms with Crippen LogP contribution in [0.5, 0.6) is 5.75 Å². The summed E-state index contributed by atoms with van der Waals surface area (Å²) in [5.41, 5.74) is 1.08. The molecule has 0 aromatic carbocycles. The van der Waals surface area contributed by atoms with Gasteiger partial charge in [0, 0.05) is 18.9 Å². The third-order valence-corrected chi connectivity index (χ3v) is 4.73. The molecule has 3 rings (SSSR count). The van der Waals surface area contributed by atoms with Crippen LogP contribution in [0.4, 0.5) is 0 Å². The number of aromatic hydroxyl groups is 1. The Labute approximate surface area is 104 Å². The molecule has 2 aromatic rings. The molecule has 1 saturated heterocycles. The van der Waals surface area contributed by atoms with E-state index in [4.69, 9.17) is 0 Å². The molecule has 0 radical (unpaired) electrons. The highest BCUT2D eigenvalue weighted by Gasteiger charge is 2.27. The highest BCUT2D eigenvalue weighted by atomic mass is 32.2. The molecular formula is C11H13N3O3S. The molecule has 1 aliphatic heterocycles. The van der Waals surface area contributed by atoms with Gasteiger partial charge in [-0.05, 0) is 12.1 Å². The molecule has 96 valence electrons. The first-order valence-corrected chi connectivity index (χ1v) is 7.48. The zero-order valence-electron chi connectivity index (χ0n) is 9.57. The molecule has 7 heteroatoms. The number of nitrogens with one attached hydrogen (secondary N) is 1. The van der Waals surface area contributed by atoms with Gasteiger partial charge in [-0.1, -0.05) is 0 Å². The van der Waals surface area contributed by atoms with Gasteiger partial charge in [-0.3, -0.25) is 0 Å². The number of sulfone groups is 1. The van der Waals surface area contributed by atoms with E-state index in [0.29, 0.717) is 17.9 Å². The molecule has 6 nitrogen and oxygen atoms in total. The average Bonchev–Trinajstić information content (AvgIpc) is 2.73. The third kappa shape index (κ3) is 1.95. The van der Waals surface area contributed by atoms with Crippen LogP contribution in [0.25, 0.3) is 5.65 Å². The van der Waals surface area contributed by atoms with Crippen molar-refractivity contribution in [2.24, 2.45) is 0 Å². The standard InChI is InChI=1S/C11H13N3O3S/c15-10-2-1-4-14-6-8(13-11(10)14)9-7-18(16,17)5-3-12-9/h1-2,4,6,9,12,15H,3,5,7H2. The number of hydrogen-bond acceptors (Lipinski definition) is 5. The van der Waals surface area contributed by atoms with E-state index in [1.54, 1.807) is 28.9 Å². The largest absolute Gasteiger partial charge is 0.504 e. The highest BCUT2D eigenvalue weighted by molar-refractivity contribution is 7.91. The third-order valence-electron chi connectivity index (χ3n) is 3.06. The maximum absolute atomic E-state index is 11.6. The fourth-order valence-electron chi connectivity index (χ4n) is 2.16. The van der Waals surface area contributed by atoms with Crippen molar-refractivity contribution in [2.45, 2.75) is 6.04 Å². The van der Waals surface area contributed by atoms with Crippen molar-refractivity contribution < 1.29 is 13.5 Å². The Morgan fingerprint density at radius 2 is 2.33 bits per heavy atom. The summed E-state index contributed by atoms with van der Waals surface area (Å²) >= 11 is 0. The summed E-state index contributed by atoms with van der Waals surface area (Å²) in [6.45, 7) is 0.437. The van der Waals surface area contributed by atoms with Gasteiger partial charge in [-0.25, -0.2) is 13.4 Å². The van der Waals surface area contributed by atoms with E-state index in [-0.39, 0.29) is 23.3 Å². The first kappa shape index (κ1) is 11.5. The lowest BCUT2D eigenvalue weighted by Crippen LogP contribution is -2.39. The summed E-state index contributed by atoms with van der Waals surface area (Å²) in [6, 6.07) is 2.96. The summed E-state index contributed by atoms with van der Waals surface area (Å²) in [5.74, 6) is 0.308. The molecule has 0 spiro atoms. The molecule has 1 aliphatic rings. The minimum Gasteiger partial charge on any atom is -0.504 e.